The number of carboxylic acid groups (broad SMARTS) is 1. The molecule has 1 aliphatic heterocycles. The number of aromatic nitrogens is 1. The van der Waals surface area contributed by atoms with Gasteiger partial charge in [-0.05, 0) is 51.3 Å². The van der Waals surface area contributed by atoms with Gasteiger partial charge in [0.1, 0.15) is 5.56 Å². The molecular formula is C17H19NO3SY. The largest absolute Gasteiger partial charge is 0.477 e. The van der Waals surface area contributed by atoms with E-state index in [1.165, 1.54) is 5.56 Å². The van der Waals surface area contributed by atoms with E-state index in [4.69, 9.17) is 0 Å². The molecule has 1 aliphatic rings. The zero-order chi connectivity index (χ0) is 16.3. The van der Waals surface area contributed by atoms with Crippen molar-refractivity contribution < 1.29 is 42.6 Å². The number of pyridine rings is 1. The second-order valence-electron chi connectivity index (χ2n) is 6.05. The molecule has 0 saturated heterocycles. The van der Waals surface area contributed by atoms with E-state index in [9.17, 15) is 14.7 Å². The Balaban J connectivity index is 0.00000192. The molecule has 0 saturated carbocycles. The molecule has 0 fully saturated rings. The average Bonchev–Trinajstić information content (AvgIpc) is 2.44. The van der Waals surface area contributed by atoms with Crippen molar-refractivity contribution in [2.75, 3.05) is 5.75 Å². The van der Waals surface area contributed by atoms with Crippen LogP contribution in [0.5, 0.6) is 0 Å². The van der Waals surface area contributed by atoms with Gasteiger partial charge in [-0.1, -0.05) is 0 Å². The molecule has 23 heavy (non-hydrogen) atoms. The summed E-state index contributed by atoms with van der Waals surface area (Å²) in [6, 6.07) is 0.167. The van der Waals surface area contributed by atoms with Crippen LogP contribution >= 0.6 is 11.8 Å². The van der Waals surface area contributed by atoms with Crippen LogP contribution in [0.1, 0.15) is 45.7 Å². The summed E-state index contributed by atoms with van der Waals surface area (Å²) in [6.45, 7) is 9.81. The van der Waals surface area contributed by atoms with Gasteiger partial charge in [-0.3, -0.25) is 4.79 Å². The number of benzene rings is 1. The molecule has 0 spiro atoms. The molecule has 2 aromatic rings. The number of carbonyl (C=O) groups is 1. The predicted octanol–water partition coefficient (Wildman–Crippen LogP) is 3.60. The van der Waals surface area contributed by atoms with Crippen LogP contribution in [-0.2, 0) is 32.7 Å². The van der Waals surface area contributed by atoms with Crippen molar-refractivity contribution in [1.82, 2.24) is 4.57 Å². The van der Waals surface area contributed by atoms with Gasteiger partial charge in [0.15, 0.2) is 0 Å². The third-order valence-electron chi connectivity index (χ3n) is 4.83. The molecule has 1 N–H and O–H groups in total. The first-order valence-corrected chi connectivity index (χ1v) is 8.30. The Kier molecular flexibility index (Phi) is 5.15. The number of aromatic carboxylic acids is 1. The van der Waals surface area contributed by atoms with Crippen molar-refractivity contribution in [3.05, 3.63) is 38.2 Å². The maximum Gasteiger partial charge on any atom is 0.341 e. The van der Waals surface area contributed by atoms with Crippen LogP contribution in [-0.4, -0.2) is 21.4 Å². The van der Waals surface area contributed by atoms with Gasteiger partial charge >= 0.3 is 5.97 Å². The molecule has 1 radical (unpaired) electrons. The predicted molar refractivity (Wildman–Crippen MR) is 89.6 cm³/mol. The minimum atomic E-state index is -1.14. The minimum Gasteiger partial charge on any atom is -0.477 e. The van der Waals surface area contributed by atoms with E-state index in [0.29, 0.717) is 11.1 Å². The second-order valence-corrected chi connectivity index (χ2v) is 7.08. The fourth-order valence-electron chi connectivity index (χ4n) is 3.45. The summed E-state index contributed by atoms with van der Waals surface area (Å²) in [7, 11) is 0. The molecule has 4 nitrogen and oxygen atoms in total. The van der Waals surface area contributed by atoms with E-state index in [-0.39, 0.29) is 49.7 Å². The monoisotopic (exact) mass is 406 g/mol. The summed E-state index contributed by atoms with van der Waals surface area (Å²) in [5.74, 6) is -0.258. The van der Waals surface area contributed by atoms with E-state index in [1.807, 2.05) is 18.4 Å². The van der Waals surface area contributed by atoms with Gasteiger partial charge in [-0.25, -0.2) is 4.79 Å². The first kappa shape index (κ1) is 18.7. The van der Waals surface area contributed by atoms with E-state index in [0.717, 1.165) is 27.3 Å². The summed E-state index contributed by atoms with van der Waals surface area (Å²) in [6.07, 6.45) is 0. The van der Waals surface area contributed by atoms with Gasteiger partial charge in [0.05, 0.1) is 10.9 Å². The first-order valence-electron chi connectivity index (χ1n) is 7.32. The number of carboxylic acids is 1. The number of hydrogen-bond acceptors (Lipinski definition) is 3. The molecule has 1 unspecified atom stereocenters. The van der Waals surface area contributed by atoms with Crippen LogP contribution in [0.25, 0.3) is 10.9 Å². The molecule has 6 heteroatoms. The smallest absolute Gasteiger partial charge is 0.341 e. The van der Waals surface area contributed by atoms with E-state index in [2.05, 4.69) is 13.8 Å². The zero-order valence-electron chi connectivity index (χ0n) is 14.0. The maximum absolute atomic E-state index is 12.8. The third-order valence-corrected chi connectivity index (χ3v) is 6.27. The molecule has 1 atom stereocenters. The fourth-order valence-corrected chi connectivity index (χ4v) is 4.71. The number of thioether (sulfide) groups is 1. The SMILES string of the molecule is Cc1c(C)c2c3c(c1C)c(=O)c(C(=O)O)c(C)n3C(C)CS2.[Y]. The summed E-state index contributed by atoms with van der Waals surface area (Å²) in [5, 5.41) is 10.1. The number of nitrogens with zero attached hydrogens (tertiary/aromatic N) is 1. The van der Waals surface area contributed by atoms with Gasteiger partial charge < -0.3 is 9.67 Å². The van der Waals surface area contributed by atoms with E-state index in [1.54, 1.807) is 18.7 Å². The topological polar surface area (TPSA) is 59.3 Å². The Labute approximate surface area is 164 Å². The molecule has 1 aromatic carbocycles. The average molecular weight is 406 g/mol. The molecule has 0 bridgehead atoms. The summed E-state index contributed by atoms with van der Waals surface area (Å²) in [5.41, 5.74) is 4.19. The second kappa shape index (κ2) is 6.34. The van der Waals surface area contributed by atoms with Crippen molar-refractivity contribution >= 4 is 28.6 Å². The normalized spacial score (nSPS) is 16.3. The van der Waals surface area contributed by atoms with Crippen LogP contribution in [0.2, 0.25) is 0 Å². The van der Waals surface area contributed by atoms with Crippen molar-refractivity contribution in [3.8, 4) is 0 Å². The Bertz CT molecular complexity index is 902. The fraction of sp³-hybridized carbons (Fsp3) is 0.412. The van der Waals surface area contributed by atoms with Crippen molar-refractivity contribution in [2.24, 2.45) is 0 Å². The Morgan fingerprint density at radius 2 is 1.78 bits per heavy atom. The van der Waals surface area contributed by atoms with Crippen molar-refractivity contribution in [1.29, 1.82) is 0 Å². The number of aryl methyl sites for hydroxylation is 1. The molecule has 3 rings (SSSR count). The van der Waals surface area contributed by atoms with Crippen LogP contribution < -0.4 is 5.43 Å². The number of rotatable bonds is 1. The van der Waals surface area contributed by atoms with E-state index < -0.39 is 5.97 Å². The van der Waals surface area contributed by atoms with Crippen LogP contribution in [0.3, 0.4) is 0 Å². The quantitative estimate of drug-likeness (QED) is 0.787. The zero-order valence-corrected chi connectivity index (χ0v) is 17.6. The van der Waals surface area contributed by atoms with Gasteiger partial charge in [-0.2, -0.15) is 0 Å². The Hall–Kier alpha value is -0.646. The Morgan fingerprint density at radius 3 is 2.35 bits per heavy atom. The van der Waals surface area contributed by atoms with Crippen LogP contribution in [0.4, 0.5) is 0 Å². The molecule has 0 aliphatic carbocycles. The van der Waals surface area contributed by atoms with Crippen LogP contribution in [0.15, 0.2) is 9.69 Å². The standard InChI is InChI=1S/C17H19NO3S.Y/c1-7-6-22-16-10(4)8(2)9(3)12-14(16)18(7)11(5)13(15(12)19)17(20)21;/h7H,6H2,1-5H3,(H,20,21);. The molecule has 1 aromatic heterocycles. The summed E-state index contributed by atoms with van der Waals surface area (Å²) < 4.78 is 2.05. The Morgan fingerprint density at radius 1 is 1.17 bits per heavy atom. The third kappa shape index (κ3) is 2.52. The van der Waals surface area contributed by atoms with Gasteiger partial charge in [0, 0.05) is 55.1 Å². The number of hydrogen-bond donors (Lipinski definition) is 1. The minimum absolute atomic E-state index is 0. The van der Waals surface area contributed by atoms with Crippen molar-refractivity contribution in [3.63, 3.8) is 0 Å². The van der Waals surface area contributed by atoms with Crippen molar-refractivity contribution in [2.45, 2.75) is 45.6 Å². The molecular weight excluding hydrogens is 387 g/mol. The van der Waals surface area contributed by atoms with Gasteiger partial charge in [-0.15, -0.1) is 11.8 Å². The van der Waals surface area contributed by atoms with Gasteiger partial charge in [0.25, 0.3) is 0 Å². The van der Waals surface area contributed by atoms with Crippen LogP contribution in [0, 0.1) is 27.7 Å². The first-order chi connectivity index (χ1) is 10.3. The van der Waals surface area contributed by atoms with Gasteiger partial charge in [0.2, 0.25) is 5.43 Å². The molecule has 2 heterocycles. The summed E-state index contributed by atoms with van der Waals surface area (Å²) >= 11 is 1.76. The molecule has 0 amide bonds. The summed E-state index contributed by atoms with van der Waals surface area (Å²) in [4.78, 5) is 25.6. The maximum atomic E-state index is 12.8. The molecule has 119 valence electrons. The van der Waals surface area contributed by atoms with E-state index >= 15 is 0 Å².